The summed E-state index contributed by atoms with van der Waals surface area (Å²) >= 11 is 0. The third-order valence-corrected chi connectivity index (χ3v) is 3.66. The molecule has 1 saturated carbocycles. The minimum absolute atomic E-state index is 0.612. The van der Waals surface area contributed by atoms with Gasteiger partial charge in [0.2, 0.25) is 0 Å². The van der Waals surface area contributed by atoms with Crippen LogP contribution in [0.15, 0.2) is 24.3 Å². The first-order valence-corrected chi connectivity index (χ1v) is 6.22. The lowest BCUT2D eigenvalue weighted by molar-refractivity contribution is -0.0846. The molecule has 0 radical (unpaired) electrons. The molecule has 1 aromatic rings. The van der Waals surface area contributed by atoms with Gasteiger partial charge in [0, 0.05) is 0 Å². The maximum atomic E-state index is 10.7. The van der Waals surface area contributed by atoms with Crippen LogP contribution >= 0.6 is 0 Å². The van der Waals surface area contributed by atoms with E-state index < -0.39 is 11.7 Å². The number of methoxy groups -OCH3 is 1. The van der Waals surface area contributed by atoms with E-state index >= 15 is 0 Å². The van der Waals surface area contributed by atoms with Crippen LogP contribution in [0, 0.1) is 0 Å². The number of ether oxygens (including phenoxy) is 1. The minimum Gasteiger partial charge on any atom is -0.497 e. The van der Waals surface area contributed by atoms with E-state index in [2.05, 4.69) is 0 Å². The van der Waals surface area contributed by atoms with E-state index in [0.29, 0.717) is 18.6 Å². The molecule has 2 unspecified atom stereocenters. The second-order valence-electron chi connectivity index (χ2n) is 4.77. The van der Waals surface area contributed by atoms with E-state index in [1.165, 1.54) is 0 Å². The molecule has 0 bridgehead atoms. The summed E-state index contributed by atoms with van der Waals surface area (Å²) in [4.78, 5) is 0. The van der Waals surface area contributed by atoms with Crippen molar-refractivity contribution in [1.82, 2.24) is 0 Å². The first-order valence-electron chi connectivity index (χ1n) is 6.22. The van der Waals surface area contributed by atoms with Gasteiger partial charge >= 0.3 is 0 Å². The van der Waals surface area contributed by atoms with Crippen LogP contribution in [-0.4, -0.2) is 23.4 Å². The van der Waals surface area contributed by atoms with Crippen LogP contribution in [0.4, 0.5) is 0 Å². The zero-order chi connectivity index (χ0) is 12.3. The van der Waals surface area contributed by atoms with Crippen LogP contribution in [0.5, 0.6) is 5.75 Å². The van der Waals surface area contributed by atoms with Crippen LogP contribution in [0.25, 0.3) is 0 Å². The number of aliphatic hydroxyl groups is 2. The number of rotatable bonds is 2. The van der Waals surface area contributed by atoms with Gasteiger partial charge in [-0.3, -0.25) is 0 Å². The average Bonchev–Trinajstić information content (AvgIpc) is 2.53. The van der Waals surface area contributed by atoms with Crippen molar-refractivity contribution in [2.45, 2.75) is 43.8 Å². The summed E-state index contributed by atoms with van der Waals surface area (Å²) in [5.74, 6) is 0.715. The molecule has 0 aliphatic heterocycles. The van der Waals surface area contributed by atoms with Crippen molar-refractivity contribution in [1.29, 1.82) is 0 Å². The Hall–Kier alpha value is -1.06. The van der Waals surface area contributed by atoms with E-state index in [-0.39, 0.29) is 0 Å². The quantitative estimate of drug-likeness (QED) is 0.774. The Balaban J connectivity index is 2.33. The minimum atomic E-state index is -1.12. The maximum Gasteiger partial charge on any atom is 0.119 e. The van der Waals surface area contributed by atoms with Gasteiger partial charge in [0.25, 0.3) is 0 Å². The highest BCUT2D eigenvalue weighted by Crippen LogP contribution is 2.37. The SMILES string of the molecule is COc1cccc(C2(O)CCCCCC2O)c1. The highest BCUT2D eigenvalue weighted by Gasteiger charge is 2.38. The molecule has 94 valence electrons. The molecule has 0 amide bonds. The van der Waals surface area contributed by atoms with Crippen LogP contribution in [0.2, 0.25) is 0 Å². The zero-order valence-electron chi connectivity index (χ0n) is 10.2. The van der Waals surface area contributed by atoms with E-state index in [1.54, 1.807) is 7.11 Å². The van der Waals surface area contributed by atoms with Gasteiger partial charge in [0.1, 0.15) is 11.4 Å². The highest BCUT2D eigenvalue weighted by atomic mass is 16.5. The highest BCUT2D eigenvalue weighted by molar-refractivity contribution is 5.33. The molecule has 0 heterocycles. The summed E-state index contributed by atoms with van der Waals surface area (Å²) in [6.45, 7) is 0. The standard InChI is InChI=1S/C14H20O3/c1-17-12-7-5-6-11(10-12)14(16)9-4-2-3-8-13(14)15/h5-7,10,13,15-16H,2-4,8-9H2,1H3. The number of hydrogen-bond acceptors (Lipinski definition) is 3. The van der Waals surface area contributed by atoms with Gasteiger partial charge in [-0.15, -0.1) is 0 Å². The number of aliphatic hydroxyl groups excluding tert-OH is 1. The Kier molecular flexibility index (Phi) is 3.69. The van der Waals surface area contributed by atoms with E-state index in [9.17, 15) is 10.2 Å². The molecule has 1 fully saturated rings. The van der Waals surface area contributed by atoms with Crippen LogP contribution in [-0.2, 0) is 5.60 Å². The fourth-order valence-corrected chi connectivity index (χ4v) is 2.54. The lowest BCUT2D eigenvalue weighted by Gasteiger charge is -2.32. The van der Waals surface area contributed by atoms with Gasteiger partial charge in [0.05, 0.1) is 13.2 Å². The summed E-state index contributed by atoms with van der Waals surface area (Å²) < 4.78 is 5.16. The van der Waals surface area contributed by atoms with Crippen molar-refractivity contribution in [2.75, 3.05) is 7.11 Å². The second kappa shape index (κ2) is 5.07. The van der Waals surface area contributed by atoms with Gasteiger partial charge in [-0.05, 0) is 30.5 Å². The fraction of sp³-hybridized carbons (Fsp3) is 0.571. The fourth-order valence-electron chi connectivity index (χ4n) is 2.54. The average molecular weight is 236 g/mol. The van der Waals surface area contributed by atoms with Crippen molar-refractivity contribution >= 4 is 0 Å². The lowest BCUT2D eigenvalue weighted by atomic mass is 9.84. The topological polar surface area (TPSA) is 49.7 Å². The first-order chi connectivity index (χ1) is 8.16. The van der Waals surface area contributed by atoms with Crippen LogP contribution in [0.3, 0.4) is 0 Å². The van der Waals surface area contributed by atoms with Gasteiger partial charge in [-0.25, -0.2) is 0 Å². The second-order valence-corrected chi connectivity index (χ2v) is 4.77. The number of benzene rings is 1. The molecule has 1 aliphatic rings. The number of hydrogen-bond donors (Lipinski definition) is 2. The largest absolute Gasteiger partial charge is 0.497 e. The molecule has 1 aromatic carbocycles. The van der Waals surface area contributed by atoms with E-state index in [1.807, 2.05) is 24.3 Å². The van der Waals surface area contributed by atoms with Gasteiger partial charge in [0.15, 0.2) is 0 Å². The van der Waals surface area contributed by atoms with Crippen molar-refractivity contribution in [3.63, 3.8) is 0 Å². The van der Waals surface area contributed by atoms with Gasteiger partial charge in [-0.1, -0.05) is 31.4 Å². The van der Waals surface area contributed by atoms with Crippen molar-refractivity contribution in [3.05, 3.63) is 29.8 Å². The Morgan fingerprint density at radius 2 is 2.12 bits per heavy atom. The molecule has 2 rings (SSSR count). The summed E-state index contributed by atoms with van der Waals surface area (Å²) in [6.07, 6.45) is 3.59. The molecule has 3 heteroatoms. The molecule has 1 aliphatic carbocycles. The predicted molar refractivity (Wildman–Crippen MR) is 66.0 cm³/mol. The lowest BCUT2D eigenvalue weighted by Crippen LogP contribution is -2.38. The normalized spacial score (nSPS) is 29.7. The zero-order valence-corrected chi connectivity index (χ0v) is 10.2. The Bertz CT molecular complexity index is 377. The first kappa shape index (κ1) is 12.4. The van der Waals surface area contributed by atoms with Gasteiger partial charge < -0.3 is 14.9 Å². The Morgan fingerprint density at radius 3 is 2.88 bits per heavy atom. The molecular formula is C14H20O3. The van der Waals surface area contributed by atoms with Crippen LogP contribution in [0.1, 0.15) is 37.7 Å². The molecule has 0 spiro atoms. The smallest absolute Gasteiger partial charge is 0.119 e. The van der Waals surface area contributed by atoms with E-state index in [0.717, 1.165) is 24.8 Å². The third-order valence-electron chi connectivity index (χ3n) is 3.66. The summed E-state index contributed by atoms with van der Waals surface area (Å²) in [6, 6.07) is 7.37. The maximum absolute atomic E-state index is 10.7. The van der Waals surface area contributed by atoms with Crippen LogP contribution < -0.4 is 4.74 Å². The summed E-state index contributed by atoms with van der Waals surface area (Å²) in [5, 5.41) is 20.8. The Labute approximate surface area is 102 Å². The molecule has 17 heavy (non-hydrogen) atoms. The van der Waals surface area contributed by atoms with E-state index in [4.69, 9.17) is 4.74 Å². The molecule has 0 aromatic heterocycles. The molecular weight excluding hydrogens is 216 g/mol. The summed E-state index contributed by atoms with van der Waals surface area (Å²) in [5.41, 5.74) is -0.364. The third kappa shape index (κ3) is 2.45. The predicted octanol–water partition coefficient (Wildman–Crippen LogP) is 2.21. The molecule has 3 nitrogen and oxygen atoms in total. The van der Waals surface area contributed by atoms with Gasteiger partial charge in [-0.2, -0.15) is 0 Å². The summed E-state index contributed by atoms with van der Waals surface area (Å²) in [7, 11) is 1.60. The van der Waals surface area contributed by atoms with Crippen molar-refractivity contribution in [3.8, 4) is 5.75 Å². The van der Waals surface area contributed by atoms with Crippen molar-refractivity contribution in [2.24, 2.45) is 0 Å². The Morgan fingerprint density at radius 1 is 1.29 bits per heavy atom. The monoisotopic (exact) mass is 236 g/mol. The van der Waals surface area contributed by atoms with Crippen molar-refractivity contribution < 1.29 is 14.9 Å². The molecule has 2 atom stereocenters. The molecule has 0 saturated heterocycles. The molecule has 2 N–H and O–H groups in total.